The number of hydrogen-bond acceptors (Lipinski definition) is 8. The van der Waals surface area contributed by atoms with Crippen molar-refractivity contribution in [2.75, 3.05) is 37.9 Å². The van der Waals surface area contributed by atoms with Crippen LogP contribution in [0.4, 0.5) is 10.2 Å². The van der Waals surface area contributed by atoms with Gasteiger partial charge in [0.1, 0.15) is 28.6 Å². The van der Waals surface area contributed by atoms with Crippen LogP contribution in [0.3, 0.4) is 0 Å². The van der Waals surface area contributed by atoms with E-state index in [0.717, 1.165) is 41.1 Å². The van der Waals surface area contributed by atoms with Crippen molar-refractivity contribution in [2.45, 2.75) is 51.1 Å². The van der Waals surface area contributed by atoms with Gasteiger partial charge in [0.15, 0.2) is 0 Å². The standard InChI is InChI=1S/C25H35FN6O2SSi/c1-36(2,3)12-11-34-17-28-15-20(13-27)32-10-8-21-23(25(32)33)35-24(30-21)18-6-7-22(29-14-18)31-9-4-5-19(26)16-31/h6-7,13-15,19H,4-5,8-12,16-17,27H2,1-3H3/b20-13+,28-15+/t19-/m1/s1. The van der Waals surface area contributed by atoms with Gasteiger partial charge in [-0.05, 0) is 31.0 Å². The Morgan fingerprint density at radius 1 is 1.36 bits per heavy atom. The lowest BCUT2D eigenvalue weighted by Gasteiger charge is -2.29. The van der Waals surface area contributed by atoms with E-state index in [0.29, 0.717) is 43.1 Å². The van der Waals surface area contributed by atoms with Crippen molar-refractivity contribution in [3.8, 4) is 10.6 Å². The maximum absolute atomic E-state index is 13.8. The van der Waals surface area contributed by atoms with Crippen molar-refractivity contribution in [1.82, 2.24) is 14.9 Å². The van der Waals surface area contributed by atoms with Crippen molar-refractivity contribution in [3.05, 3.63) is 40.8 Å². The Morgan fingerprint density at radius 2 is 2.19 bits per heavy atom. The first kappa shape index (κ1) is 26.4. The van der Waals surface area contributed by atoms with Crippen LogP contribution in [-0.2, 0) is 11.2 Å². The molecule has 0 bridgehead atoms. The zero-order valence-corrected chi connectivity index (χ0v) is 23.1. The number of carbonyl (C=O) groups excluding carboxylic acids is 1. The number of anilines is 1. The number of nitrogens with two attached hydrogens (primary N) is 1. The number of thiazole rings is 1. The van der Waals surface area contributed by atoms with Crippen molar-refractivity contribution >= 4 is 37.4 Å². The second-order valence-corrected chi connectivity index (χ2v) is 17.0. The maximum atomic E-state index is 13.8. The number of aromatic nitrogens is 2. The van der Waals surface area contributed by atoms with Crippen LogP contribution in [0.25, 0.3) is 10.6 Å². The number of nitrogens with zero attached hydrogens (tertiary/aromatic N) is 5. The fourth-order valence-corrected chi connectivity index (χ4v) is 5.97. The van der Waals surface area contributed by atoms with Crippen molar-refractivity contribution in [3.63, 3.8) is 0 Å². The number of pyridine rings is 1. The van der Waals surface area contributed by atoms with E-state index in [1.54, 1.807) is 17.3 Å². The molecule has 2 aliphatic heterocycles. The summed E-state index contributed by atoms with van der Waals surface area (Å²) in [4.78, 5) is 31.0. The first-order valence-electron chi connectivity index (χ1n) is 12.4. The Morgan fingerprint density at radius 3 is 2.89 bits per heavy atom. The van der Waals surface area contributed by atoms with Crippen LogP contribution in [0.15, 0.2) is 35.2 Å². The molecule has 4 rings (SSSR count). The van der Waals surface area contributed by atoms with Gasteiger partial charge in [-0.1, -0.05) is 19.6 Å². The fourth-order valence-electron chi connectivity index (χ4n) is 4.16. The number of piperidine rings is 1. The van der Waals surface area contributed by atoms with Crippen LogP contribution in [0.1, 0.15) is 28.2 Å². The molecule has 2 N–H and O–H groups in total. The topological polar surface area (TPSA) is 96.9 Å². The number of ether oxygens (including phenoxy) is 1. The molecular weight excluding hydrogens is 495 g/mol. The van der Waals surface area contributed by atoms with Gasteiger partial charge >= 0.3 is 0 Å². The van der Waals surface area contributed by atoms with Gasteiger partial charge in [0.25, 0.3) is 5.91 Å². The van der Waals surface area contributed by atoms with Crippen LogP contribution in [0, 0.1) is 0 Å². The van der Waals surface area contributed by atoms with E-state index in [1.165, 1.54) is 17.5 Å². The van der Waals surface area contributed by atoms with Crippen molar-refractivity contribution in [1.29, 1.82) is 0 Å². The summed E-state index contributed by atoms with van der Waals surface area (Å²) in [6, 6.07) is 4.92. The van der Waals surface area contributed by atoms with Gasteiger partial charge < -0.3 is 20.3 Å². The highest BCUT2D eigenvalue weighted by Crippen LogP contribution is 2.33. The third-order valence-corrected chi connectivity index (χ3v) is 9.10. The number of amides is 1. The number of fused-ring (bicyclic) bond motifs is 1. The molecule has 0 unspecified atom stereocenters. The van der Waals surface area contributed by atoms with Gasteiger partial charge in [-0.25, -0.2) is 14.4 Å². The largest absolute Gasteiger partial charge is 0.403 e. The third kappa shape index (κ3) is 6.57. The van der Waals surface area contributed by atoms with E-state index in [4.69, 9.17) is 15.5 Å². The van der Waals surface area contributed by atoms with E-state index < -0.39 is 14.2 Å². The zero-order chi connectivity index (χ0) is 25.7. The lowest BCUT2D eigenvalue weighted by Crippen LogP contribution is -2.37. The number of hydrogen-bond donors (Lipinski definition) is 1. The number of allylic oxidation sites excluding steroid dienone is 1. The molecule has 0 aromatic carbocycles. The van der Waals surface area contributed by atoms with Crippen LogP contribution in [-0.4, -0.2) is 74.2 Å². The van der Waals surface area contributed by atoms with E-state index in [-0.39, 0.29) is 12.6 Å². The van der Waals surface area contributed by atoms with Crippen LogP contribution in [0.2, 0.25) is 25.7 Å². The second-order valence-electron chi connectivity index (χ2n) is 10.3. The molecule has 4 heterocycles. The van der Waals surface area contributed by atoms with Crippen LogP contribution in [0.5, 0.6) is 0 Å². The van der Waals surface area contributed by atoms with E-state index in [2.05, 4.69) is 29.6 Å². The molecule has 36 heavy (non-hydrogen) atoms. The van der Waals surface area contributed by atoms with E-state index >= 15 is 0 Å². The fraction of sp³-hybridized carbons (Fsp3) is 0.520. The number of carbonyl (C=O) groups is 1. The highest BCUT2D eigenvalue weighted by atomic mass is 32.1. The first-order valence-corrected chi connectivity index (χ1v) is 16.9. The molecule has 2 aliphatic rings. The predicted octanol–water partition coefficient (Wildman–Crippen LogP) is 4.32. The molecule has 0 aliphatic carbocycles. The number of alkyl halides is 1. The van der Waals surface area contributed by atoms with Gasteiger partial charge in [-0.15, -0.1) is 11.3 Å². The highest BCUT2D eigenvalue weighted by molar-refractivity contribution is 7.17. The summed E-state index contributed by atoms with van der Waals surface area (Å²) in [6.45, 7) is 9.52. The Bertz CT molecular complexity index is 1110. The molecule has 194 valence electrons. The van der Waals surface area contributed by atoms with Gasteiger partial charge in [0.2, 0.25) is 0 Å². The minimum atomic E-state index is -1.14. The molecule has 1 saturated heterocycles. The maximum Gasteiger partial charge on any atom is 0.270 e. The van der Waals surface area contributed by atoms with Crippen molar-refractivity contribution in [2.24, 2.45) is 10.7 Å². The lowest BCUT2D eigenvalue weighted by molar-refractivity contribution is 0.0804. The average molecular weight is 531 g/mol. The smallest absolute Gasteiger partial charge is 0.270 e. The summed E-state index contributed by atoms with van der Waals surface area (Å²) in [5, 5.41) is 0.749. The van der Waals surface area contributed by atoms with Gasteiger partial charge in [-0.2, -0.15) is 0 Å². The normalized spacial score (nSPS) is 19.3. The van der Waals surface area contributed by atoms with Crippen molar-refractivity contribution < 1.29 is 13.9 Å². The molecule has 2 aromatic heterocycles. The minimum absolute atomic E-state index is 0.130. The van der Waals surface area contributed by atoms with Gasteiger partial charge in [-0.3, -0.25) is 9.79 Å². The second kappa shape index (κ2) is 11.6. The molecule has 8 nitrogen and oxygen atoms in total. The molecule has 11 heteroatoms. The first-order chi connectivity index (χ1) is 17.2. The summed E-state index contributed by atoms with van der Waals surface area (Å²) in [7, 11) is -1.14. The minimum Gasteiger partial charge on any atom is -0.403 e. The van der Waals surface area contributed by atoms with E-state index in [1.807, 2.05) is 17.0 Å². The molecule has 1 atom stereocenters. The van der Waals surface area contributed by atoms with Crippen LogP contribution < -0.4 is 10.6 Å². The summed E-state index contributed by atoms with van der Waals surface area (Å²) < 4.78 is 19.4. The average Bonchev–Trinajstić information content (AvgIpc) is 3.29. The Kier molecular flexibility index (Phi) is 8.53. The summed E-state index contributed by atoms with van der Waals surface area (Å²) in [6.07, 6.45) is 6.03. The van der Waals surface area contributed by atoms with Gasteiger partial charge in [0, 0.05) is 58.4 Å². The number of halogens is 1. The monoisotopic (exact) mass is 530 g/mol. The third-order valence-electron chi connectivity index (χ3n) is 6.26. The number of rotatable bonds is 9. The predicted molar refractivity (Wildman–Crippen MR) is 146 cm³/mol. The zero-order valence-electron chi connectivity index (χ0n) is 21.2. The Hall–Kier alpha value is -2.63. The molecule has 0 spiro atoms. The molecular formula is C25H35FN6O2SSi. The summed E-state index contributed by atoms with van der Waals surface area (Å²) in [5.41, 5.74) is 8.02. The van der Waals surface area contributed by atoms with E-state index in [9.17, 15) is 9.18 Å². The molecule has 1 amide bonds. The summed E-state index contributed by atoms with van der Waals surface area (Å²) >= 11 is 1.36. The van der Waals surface area contributed by atoms with Gasteiger partial charge in [0.05, 0.1) is 17.9 Å². The molecule has 1 fully saturated rings. The summed E-state index contributed by atoms with van der Waals surface area (Å²) in [5.74, 6) is 0.640. The molecule has 0 saturated carbocycles. The highest BCUT2D eigenvalue weighted by Gasteiger charge is 2.30. The number of aliphatic imine (C=N–C) groups is 1. The Labute approximate surface area is 217 Å². The quantitative estimate of drug-likeness (QED) is 0.295. The Balaban J connectivity index is 1.39. The van der Waals surface area contributed by atoms with Crippen LogP contribution >= 0.6 is 11.3 Å². The molecule has 2 aromatic rings. The SMILES string of the molecule is C[Si](C)(C)CCOC/N=C/C(=C\N)N1CCc2nc(-c3ccc(N4CCC[C@@H](F)C4)nc3)sc2C1=O. The molecule has 0 radical (unpaired) electrons. The lowest BCUT2D eigenvalue weighted by atomic mass is 10.1.